The van der Waals surface area contributed by atoms with E-state index in [1.807, 2.05) is 0 Å². The second-order valence-corrected chi connectivity index (χ2v) is 16.0. The Labute approximate surface area is 201 Å². The zero-order valence-corrected chi connectivity index (χ0v) is 23.5. The van der Waals surface area contributed by atoms with E-state index in [1.54, 1.807) is 0 Å². The first kappa shape index (κ1) is 28.6. The van der Waals surface area contributed by atoms with Crippen LogP contribution in [-0.4, -0.2) is 14.9 Å². The molecule has 0 radical (unpaired) electrons. The molecule has 0 aliphatic heterocycles. The lowest BCUT2D eigenvalue weighted by molar-refractivity contribution is 0.307. The molecule has 0 spiro atoms. The molecule has 0 fully saturated rings. The highest BCUT2D eigenvalue weighted by Gasteiger charge is 2.44. The van der Waals surface area contributed by atoms with E-state index in [0.717, 1.165) is 38.7 Å². The first-order valence-electron chi connectivity index (χ1n) is 12.7. The van der Waals surface area contributed by atoms with Crippen molar-refractivity contribution in [2.24, 2.45) is 0 Å². The van der Waals surface area contributed by atoms with Crippen molar-refractivity contribution in [1.82, 2.24) is 0 Å². The van der Waals surface area contributed by atoms with Crippen LogP contribution in [0.2, 0.25) is 16.6 Å². The van der Waals surface area contributed by atoms with E-state index in [2.05, 4.69) is 111 Å². The van der Waals surface area contributed by atoms with Crippen LogP contribution < -0.4 is 0 Å². The number of rotatable bonds is 14. The summed E-state index contributed by atoms with van der Waals surface area (Å²) in [5.41, 5.74) is 7.69. The molecule has 0 amide bonds. The quantitative estimate of drug-likeness (QED) is 0.201. The van der Waals surface area contributed by atoms with E-state index in [4.69, 9.17) is 4.43 Å². The molecule has 0 saturated carbocycles. The van der Waals surface area contributed by atoms with Gasteiger partial charge >= 0.3 is 0 Å². The molecule has 1 aromatic carbocycles. The lowest BCUT2D eigenvalue weighted by Gasteiger charge is -2.42. The summed E-state index contributed by atoms with van der Waals surface area (Å²) in [4.78, 5) is 0. The maximum absolute atomic E-state index is 6.73. The predicted molar refractivity (Wildman–Crippen MR) is 147 cm³/mol. The molecular weight excluding hydrogens is 404 g/mol. The first-order valence-corrected chi connectivity index (χ1v) is 14.9. The Balaban J connectivity index is 2.44. The Hall–Kier alpha value is -1.38. The molecule has 180 valence electrons. The largest absolute Gasteiger partial charge is 0.412 e. The summed E-state index contributed by atoms with van der Waals surface area (Å²) in [5, 5.41) is 0. The smallest absolute Gasteiger partial charge is 0.200 e. The third-order valence-corrected chi connectivity index (χ3v) is 12.9. The lowest BCUT2D eigenvalue weighted by atomic mass is 10.0. The van der Waals surface area contributed by atoms with Gasteiger partial charge in [-0.05, 0) is 75.1 Å². The summed E-state index contributed by atoms with van der Waals surface area (Å²) in [5.74, 6) is 0. The third kappa shape index (κ3) is 9.63. The zero-order chi connectivity index (χ0) is 24.1. The van der Waals surface area contributed by atoms with Gasteiger partial charge in [0.15, 0.2) is 0 Å². The van der Waals surface area contributed by atoms with E-state index in [9.17, 15) is 0 Å². The Morgan fingerprint density at radius 3 is 1.69 bits per heavy atom. The van der Waals surface area contributed by atoms with Crippen molar-refractivity contribution >= 4 is 8.32 Å². The van der Waals surface area contributed by atoms with Crippen molar-refractivity contribution in [3.8, 4) is 0 Å². The van der Waals surface area contributed by atoms with Gasteiger partial charge < -0.3 is 4.43 Å². The predicted octanol–water partition coefficient (Wildman–Crippen LogP) is 9.82. The summed E-state index contributed by atoms with van der Waals surface area (Å²) >= 11 is 0. The van der Waals surface area contributed by atoms with E-state index >= 15 is 0 Å². The van der Waals surface area contributed by atoms with Crippen LogP contribution in [0.25, 0.3) is 0 Å². The van der Waals surface area contributed by atoms with Crippen molar-refractivity contribution in [1.29, 1.82) is 0 Å². The van der Waals surface area contributed by atoms with Gasteiger partial charge in [0.1, 0.15) is 0 Å². The molecule has 2 heteroatoms. The molecule has 0 saturated heterocycles. The summed E-state index contributed by atoms with van der Waals surface area (Å²) < 4.78 is 6.73. The summed E-state index contributed by atoms with van der Waals surface area (Å²) in [7, 11) is -1.77. The fourth-order valence-electron chi connectivity index (χ4n) is 5.00. The van der Waals surface area contributed by atoms with Crippen LogP contribution in [0.15, 0.2) is 65.3 Å². The minimum atomic E-state index is -1.77. The van der Waals surface area contributed by atoms with Crippen LogP contribution in [0.5, 0.6) is 0 Å². The molecule has 0 heterocycles. The maximum Gasteiger partial charge on any atom is 0.200 e. The van der Waals surface area contributed by atoms with Gasteiger partial charge in [-0.25, -0.2) is 0 Å². The highest BCUT2D eigenvalue weighted by molar-refractivity contribution is 6.77. The molecule has 0 bridgehead atoms. The standard InChI is InChI=1S/C30H50OSi/c1-24(2)32(25(3)4,26(5)6)31-23-29(9)18-14-16-27(7)15-13-17-28(8)21-22-30-19-11-10-12-20-30/h10-12,15,18-21,24-26H,13-14,16-17,22-23H2,1-9H3/b27-15+,28-21+,29-18+. The Morgan fingerprint density at radius 1 is 0.719 bits per heavy atom. The fraction of sp³-hybridized carbons (Fsp3) is 0.600. The number of hydrogen-bond donors (Lipinski definition) is 0. The Morgan fingerprint density at radius 2 is 1.19 bits per heavy atom. The van der Waals surface area contributed by atoms with Crippen LogP contribution in [-0.2, 0) is 10.8 Å². The number of hydrogen-bond acceptors (Lipinski definition) is 1. The summed E-state index contributed by atoms with van der Waals surface area (Å²) in [6.45, 7) is 21.7. The zero-order valence-electron chi connectivity index (χ0n) is 22.5. The average Bonchev–Trinajstić information content (AvgIpc) is 2.72. The van der Waals surface area contributed by atoms with Crippen LogP contribution in [0.4, 0.5) is 0 Å². The van der Waals surface area contributed by atoms with E-state index in [1.165, 1.54) is 22.3 Å². The Bertz CT molecular complexity index is 716. The Kier molecular flexibility index (Phi) is 13.2. The molecule has 1 nitrogen and oxygen atoms in total. The van der Waals surface area contributed by atoms with Gasteiger partial charge in [0.2, 0.25) is 8.32 Å². The van der Waals surface area contributed by atoms with Crippen LogP contribution in [0.3, 0.4) is 0 Å². The average molecular weight is 455 g/mol. The summed E-state index contributed by atoms with van der Waals surface area (Å²) in [6, 6.07) is 10.7. The van der Waals surface area contributed by atoms with Crippen molar-refractivity contribution < 1.29 is 4.43 Å². The van der Waals surface area contributed by atoms with Crippen molar-refractivity contribution in [2.75, 3.05) is 6.61 Å². The third-order valence-electron chi connectivity index (χ3n) is 6.85. The molecule has 0 aliphatic rings. The van der Waals surface area contributed by atoms with Gasteiger partial charge in [0, 0.05) is 0 Å². The van der Waals surface area contributed by atoms with Crippen LogP contribution in [0.1, 0.15) is 93.6 Å². The molecule has 1 aromatic rings. The maximum atomic E-state index is 6.73. The minimum Gasteiger partial charge on any atom is -0.412 e. The normalized spacial score (nSPS) is 14.2. The van der Waals surface area contributed by atoms with Crippen LogP contribution >= 0.6 is 0 Å². The van der Waals surface area contributed by atoms with Gasteiger partial charge in [0.25, 0.3) is 0 Å². The van der Waals surface area contributed by atoms with E-state index < -0.39 is 8.32 Å². The van der Waals surface area contributed by atoms with E-state index in [-0.39, 0.29) is 0 Å². The minimum absolute atomic E-state index is 0.644. The van der Waals surface area contributed by atoms with Crippen molar-refractivity contribution in [3.05, 3.63) is 70.8 Å². The lowest BCUT2D eigenvalue weighted by Crippen LogP contribution is -2.48. The fourth-order valence-corrected chi connectivity index (χ4v) is 10.5. The summed E-state index contributed by atoms with van der Waals surface area (Å²) in [6.07, 6.45) is 12.8. The molecule has 0 atom stereocenters. The van der Waals surface area contributed by atoms with Gasteiger partial charge in [-0.2, -0.15) is 0 Å². The SMILES string of the molecule is C/C(=C\CC/C(C)=C/Cc1ccccc1)CC/C=C(\C)CO[Si](C(C)C)(C(C)C)C(C)C. The second-order valence-electron chi connectivity index (χ2n) is 10.5. The molecule has 0 unspecified atom stereocenters. The molecule has 0 N–H and O–H groups in total. The first-order chi connectivity index (χ1) is 15.1. The van der Waals surface area contributed by atoms with Gasteiger partial charge in [-0.3, -0.25) is 0 Å². The highest BCUT2D eigenvalue weighted by atomic mass is 28.4. The van der Waals surface area contributed by atoms with Crippen LogP contribution in [0, 0.1) is 0 Å². The molecule has 1 rings (SSSR count). The topological polar surface area (TPSA) is 9.23 Å². The van der Waals surface area contributed by atoms with Gasteiger partial charge in [-0.1, -0.05) is 107 Å². The molecular formula is C30H50OSi. The van der Waals surface area contributed by atoms with Crippen molar-refractivity contribution in [2.45, 2.75) is 111 Å². The van der Waals surface area contributed by atoms with Gasteiger partial charge in [-0.15, -0.1) is 0 Å². The molecule has 0 aliphatic carbocycles. The number of benzene rings is 1. The molecule has 32 heavy (non-hydrogen) atoms. The van der Waals surface area contributed by atoms with Crippen molar-refractivity contribution in [3.63, 3.8) is 0 Å². The molecule has 0 aromatic heterocycles. The van der Waals surface area contributed by atoms with E-state index in [0.29, 0.717) is 16.6 Å². The monoisotopic (exact) mass is 454 g/mol. The highest BCUT2D eigenvalue weighted by Crippen LogP contribution is 2.42. The number of allylic oxidation sites excluding steroid dienone is 5. The second kappa shape index (κ2) is 14.7. The van der Waals surface area contributed by atoms with Gasteiger partial charge in [0.05, 0.1) is 6.61 Å².